The van der Waals surface area contributed by atoms with Gasteiger partial charge in [-0.05, 0) is 23.8 Å². The van der Waals surface area contributed by atoms with Crippen LogP contribution in [0.2, 0.25) is 5.02 Å². The van der Waals surface area contributed by atoms with Crippen LogP contribution in [0.5, 0.6) is 0 Å². The Kier molecular flexibility index (Phi) is 3.54. The lowest BCUT2D eigenvalue weighted by Crippen LogP contribution is -2.16. The highest BCUT2D eigenvalue weighted by atomic mass is 35.5. The Morgan fingerprint density at radius 1 is 1.12 bits per heavy atom. The van der Waals surface area contributed by atoms with Gasteiger partial charge in [-0.25, -0.2) is 0 Å². The maximum atomic E-state index is 12.0. The SMILES string of the molecule is Cn1cc2c(cc1=O)CN=C(c1ccc(Cl)cc1)c1ncccc1-2. The summed E-state index contributed by atoms with van der Waals surface area (Å²) in [4.78, 5) is 21.3. The molecular formula is C19H14ClN3O. The van der Waals surface area contributed by atoms with Crippen molar-refractivity contribution in [1.29, 1.82) is 0 Å². The van der Waals surface area contributed by atoms with Crippen molar-refractivity contribution in [3.63, 3.8) is 0 Å². The Labute approximate surface area is 144 Å². The third-order valence-electron chi connectivity index (χ3n) is 4.16. The van der Waals surface area contributed by atoms with Gasteiger partial charge in [0.05, 0.1) is 18.0 Å². The van der Waals surface area contributed by atoms with Gasteiger partial charge in [0, 0.05) is 47.2 Å². The molecule has 4 nitrogen and oxygen atoms in total. The van der Waals surface area contributed by atoms with Crippen LogP contribution >= 0.6 is 11.6 Å². The number of hydrogen-bond donors (Lipinski definition) is 0. The van der Waals surface area contributed by atoms with Crippen molar-refractivity contribution in [2.75, 3.05) is 0 Å². The van der Waals surface area contributed by atoms with Crippen LogP contribution in [0.25, 0.3) is 11.1 Å². The van der Waals surface area contributed by atoms with Crippen molar-refractivity contribution in [3.05, 3.63) is 87.1 Å². The van der Waals surface area contributed by atoms with E-state index < -0.39 is 0 Å². The number of halogens is 1. The average Bonchev–Trinajstić information content (AvgIpc) is 2.74. The topological polar surface area (TPSA) is 47.2 Å². The highest BCUT2D eigenvalue weighted by molar-refractivity contribution is 6.30. The number of aryl methyl sites for hydroxylation is 1. The number of pyridine rings is 2. The molecule has 5 heteroatoms. The molecule has 0 spiro atoms. The van der Waals surface area contributed by atoms with Crippen LogP contribution in [0, 0.1) is 0 Å². The summed E-state index contributed by atoms with van der Waals surface area (Å²) in [5.41, 5.74) is 5.44. The fourth-order valence-electron chi connectivity index (χ4n) is 2.93. The second-order valence-corrected chi connectivity index (χ2v) is 6.17. The Hall–Kier alpha value is -2.72. The van der Waals surface area contributed by atoms with Crippen LogP contribution < -0.4 is 5.56 Å². The molecule has 1 aromatic carbocycles. The molecule has 1 aliphatic heterocycles. The summed E-state index contributed by atoms with van der Waals surface area (Å²) in [5, 5.41) is 0.681. The van der Waals surface area contributed by atoms with Crippen LogP contribution in [0.3, 0.4) is 0 Å². The third-order valence-corrected chi connectivity index (χ3v) is 4.41. The lowest BCUT2D eigenvalue weighted by atomic mass is 9.97. The largest absolute Gasteiger partial charge is 0.318 e. The summed E-state index contributed by atoms with van der Waals surface area (Å²) in [5.74, 6) is 0. The van der Waals surface area contributed by atoms with Gasteiger partial charge in [-0.2, -0.15) is 0 Å². The predicted octanol–water partition coefficient (Wildman–Crippen LogP) is 3.45. The fourth-order valence-corrected chi connectivity index (χ4v) is 3.05. The minimum Gasteiger partial charge on any atom is -0.318 e. The number of aromatic nitrogens is 2. The van der Waals surface area contributed by atoms with Crippen molar-refractivity contribution < 1.29 is 0 Å². The molecule has 0 unspecified atom stereocenters. The molecule has 24 heavy (non-hydrogen) atoms. The van der Waals surface area contributed by atoms with Gasteiger partial charge in [0.2, 0.25) is 0 Å². The van der Waals surface area contributed by atoms with Crippen LogP contribution in [0.1, 0.15) is 16.8 Å². The Morgan fingerprint density at radius 3 is 2.71 bits per heavy atom. The van der Waals surface area contributed by atoms with Gasteiger partial charge in [-0.1, -0.05) is 29.8 Å². The van der Waals surface area contributed by atoms with Crippen molar-refractivity contribution in [2.24, 2.45) is 12.0 Å². The summed E-state index contributed by atoms with van der Waals surface area (Å²) in [6, 6.07) is 13.1. The van der Waals surface area contributed by atoms with Crippen molar-refractivity contribution >= 4 is 17.3 Å². The van der Waals surface area contributed by atoms with E-state index in [9.17, 15) is 4.79 Å². The molecule has 2 aromatic heterocycles. The molecule has 0 bridgehead atoms. The number of rotatable bonds is 1. The maximum absolute atomic E-state index is 12.0. The number of fused-ring (bicyclic) bond motifs is 3. The van der Waals surface area contributed by atoms with Gasteiger partial charge in [-0.15, -0.1) is 0 Å². The molecule has 118 valence electrons. The summed E-state index contributed by atoms with van der Waals surface area (Å²) in [6.45, 7) is 0.444. The van der Waals surface area contributed by atoms with Crippen LogP contribution in [0.4, 0.5) is 0 Å². The zero-order valence-electron chi connectivity index (χ0n) is 13.0. The van der Waals surface area contributed by atoms with E-state index in [1.165, 1.54) is 0 Å². The normalized spacial score (nSPS) is 12.8. The van der Waals surface area contributed by atoms with Gasteiger partial charge in [0.1, 0.15) is 0 Å². The first-order chi connectivity index (χ1) is 11.6. The van der Waals surface area contributed by atoms with E-state index in [1.54, 1.807) is 23.9 Å². The van der Waals surface area contributed by atoms with Gasteiger partial charge in [0.25, 0.3) is 5.56 Å². The Bertz CT molecular complexity index is 1020. The molecule has 0 aliphatic carbocycles. The quantitative estimate of drug-likeness (QED) is 0.683. The zero-order chi connectivity index (χ0) is 16.7. The molecule has 3 aromatic rings. The third kappa shape index (κ3) is 2.45. The van der Waals surface area contributed by atoms with Gasteiger partial charge >= 0.3 is 0 Å². The van der Waals surface area contributed by atoms with E-state index in [4.69, 9.17) is 16.6 Å². The lowest BCUT2D eigenvalue weighted by molar-refractivity contribution is 0.852. The first-order valence-electron chi connectivity index (χ1n) is 7.59. The Balaban J connectivity index is 1.98. The van der Waals surface area contributed by atoms with Gasteiger partial charge in [0.15, 0.2) is 0 Å². The van der Waals surface area contributed by atoms with E-state index in [1.807, 2.05) is 42.6 Å². The zero-order valence-corrected chi connectivity index (χ0v) is 13.8. The molecule has 3 heterocycles. The molecule has 0 saturated carbocycles. The van der Waals surface area contributed by atoms with Crippen LogP contribution in [0.15, 0.2) is 64.6 Å². The molecule has 4 rings (SSSR count). The molecule has 0 amide bonds. The van der Waals surface area contributed by atoms with Crippen LogP contribution in [-0.4, -0.2) is 15.3 Å². The number of nitrogens with zero attached hydrogens (tertiary/aromatic N) is 3. The van der Waals surface area contributed by atoms with E-state index in [0.717, 1.165) is 33.7 Å². The highest BCUT2D eigenvalue weighted by Crippen LogP contribution is 2.30. The summed E-state index contributed by atoms with van der Waals surface area (Å²) < 4.78 is 1.59. The predicted molar refractivity (Wildman–Crippen MR) is 95.7 cm³/mol. The molecule has 0 N–H and O–H groups in total. The first kappa shape index (κ1) is 14.8. The second kappa shape index (κ2) is 5.73. The van der Waals surface area contributed by atoms with E-state index >= 15 is 0 Å². The molecular weight excluding hydrogens is 322 g/mol. The number of aliphatic imine (C=N–C) groups is 1. The van der Waals surface area contributed by atoms with Crippen molar-refractivity contribution in [3.8, 4) is 11.1 Å². The molecule has 0 radical (unpaired) electrons. The monoisotopic (exact) mass is 335 g/mol. The van der Waals surface area contributed by atoms with Gasteiger partial charge < -0.3 is 4.57 Å². The van der Waals surface area contributed by atoms with E-state index in [-0.39, 0.29) is 5.56 Å². The molecule has 0 saturated heterocycles. The highest BCUT2D eigenvalue weighted by Gasteiger charge is 2.20. The average molecular weight is 336 g/mol. The van der Waals surface area contributed by atoms with Crippen LogP contribution in [-0.2, 0) is 13.6 Å². The molecule has 0 atom stereocenters. The van der Waals surface area contributed by atoms with Gasteiger partial charge in [-0.3, -0.25) is 14.8 Å². The van der Waals surface area contributed by atoms with Crippen molar-refractivity contribution in [2.45, 2.75) is 6.54 Å². The van der Waals surface area contributed by atoms with E-state index in [2.05, 4.69) is 4.98 Å². The second-order valence-electron chi connectivity index (χ2n) is 5.73. The standard InChI is InChI=1S/C19H14ClN3O/c1-23-11-16-13(9-17(23)24)10-22-18(12-4-6-14(20)7-5-12)19-15(16)3-2-8-21-19/h2-9,11H,10H2,1H3. The first-order valence-corrected chi connectivity index (χ1v) is 7.97. The summed E-state index contributed by atoms with van der Waals surface area (Å²) >= 11 is 6.00. The van der Waals surface area contributed by atoms with E-state index in [0.29, 0.717) is 11.6 Å². The number of hydrogen-bond acceptors (Lipinski definition) is 3. The number of benzene rings is 1. The molecule has 1 aliphatic rings. The maximum Gasteiger partial charge on any atom is 0.250 e. The minimum absolute atomic E-state index is 0.0377. The summed E-state index contributed by atoms with van der Waals surface area (Å²) in [6.07, 6.45) is 3.62. The Morgan fingerprint density at radius 2 is 1.92 bits per heavy atom. The van der Waals surface area contributed by atoms with Crippen molar-refractivity contribution in [1.82, 2.24) is 9.55 Å². The molecule has 0 fully saturated rings. The minimum atomic E-state index is -0.0377. The fraction of sp³-hybridized carbons (Fsp3) is 0.105. The lowest BCUT2D eigenvalue weighted by Gasteiger charge is -2.11. The summed E-state index contributed by atoms with van der Waals surface area (Å²) in [7, 11) is 1.75. The smallest absolute Gasteiger partial charge is 0.250 e.